The number of rotatable bonds is 18. The van der Waals surface area contributed by atoms with E-state index in [9.17, 15) is 85.9 Å². The lowest BCUT2D eigenvalue weighted by atomic mass is 9.93. The molecule has 5 saturated heterocycles. The summed E-state index contributed by atoms with van der Waals surface area (Å²) in [4.78, 5) is 37.0. The van der Waals surface area contributed by atoms with Crippen LogP contribution in [-0.2, 0) is 57.0 Å². The SMILES string of the molecule is CCC(=O)N[C@@H]1OC(CO)[C@@H](O[C@@H]2OC(CO)[C@@H](O[C@@H]3OC(CO[C@H]4OC(CO)[C@@H](O)[C@H](O)C4O)[C@@H](O)[C@H](O[C@H]4O[C@@H](CO)[C@@H](O)C(O)C4O)C3O)[C@H](O)C2NC(C)=O)[C@H](O)C1NC(C)=O.CCCC. The molecule has 5 rings (SSSR count). The van der Waals surface area contributed by atoms with Crippen LogP contribution in [0.3, 0.4) is 0 Å². The fraction of sp³-hybridized carbons (Fsp3) is 0.927. The maximum absolute atomic E-state index is 12.6. The smallest absolute Gasteiger partial charge is 0.221 e. The van der Waals surface area contributed by atoms with Crippen molar-refractivity contribution in [1.29, 1.82) is 0 Å². The van der Waals surface area contributed by atoms with Crippen LogP contribution in [-0.4, -0.2) is 276 Å². The van der Waals surface area contributed by atoms with Gasteiger partial charge in [0.25, 0.3) is 0 Å². The third-order valence-corrected chi connectivity index (χ3v) is 12.3. The zero-order valence-corrected chi connectivity index (χ0v) is 39.3. The first-order valence-corrected chi connectivity index (χ1v) is 23.1. The van der Waals surface area contributed by atoms with Gasteiger partial charge in [0.2, 0.25) is 17.7 Å². The summed E-state index contributed by atoms with van der Waals surface area (Å²) in [6.07, 6.45) is -39.3. The number of hydrogen-bond acceptors (Lipinski definition) is 26. The zero-order chi connectivity index (χ0) is 52.3. The van der Waals surface area contributed by atoms with Crippen molar-refractivity contribution in [3.05, 3.63) is 0 Å². The number of amides is 3. The first-order valence-electron chi connectivity index (χ1n) is 23.1. The van der Waals surface area contributed by atoms with E-state index in [1.54, 1.807) is 0 Å². The largest absolute Gasteiger partial charge is 0.394 e. The van der Waals surface area contributed by atoms with Gasteiger partial charge in [-0.1, -0.05) is 33.6 Å². The van der Waals surface area contributed by atoms with E-state index in [0.717, 1.165) is 13.8 Å². The highest BCUT2D eigenvalue weighted by atomic mass is 16.8. The normalized spacial score (nSPS) is 44.4. The molecule has 10 unspecified atom stereocenters. The molecule has 17 N–H and O–H groups in total. The van der Waals surface area contributed by atoms with Gasteiger partial charge in [-0.2, -0.15) is 0 Å². The molecular weight excluding hydrogens is 950 g/mol. The molecule has 0 spiro atoms. The van der Waals surface area contributed by atoms with Gasteiger partial charge >= 0.3 is 0 Å². The zero-order valence-electron chi connectivity index (χ0n) is 39.3. The minimum atomic E-state index is -2.19. The number of hydrogen-bond donors (Lipinski definition) is 17. The van der Waals surface area contributed by atoms with Crippen LogP contribution in [0.4, 0.5) is 0 Å². The van der Waals surface area contributed by atoms with Crippen molar-refractivity contribution in [2.45, 2.75) is 207 Å². The fourth-order valence-electron chi connectivity index (χ4n) is 8.14. The molecule has 70 heavy (non-hydrogen) atoms. The van der Waals surface area contributed by atoms with Gasteiger partial charge in [-0.25, -0.2) is 0 Å². The van der Waals surface area contributed by atoms with Gasteiger partial charge in [-0.05, 0) is 0 Å². The Balaban J connectivity index is 0.00000256. The Kier molecular flexibility index (Phi) is 23.7. The van der Waals surface area contributed by atoms with Crippen LogP contribution in [0.15, 0.2) is 0 Å². The molecule has 0 radical (unpaired) electrons. The van der Waals surface area contributed by atoms with Crippen LogP contribution < -0.4 is 16.0 Å². The monoisotopic (exact) mass is 1020 g/mol. The van der Waals surface area contributed by atoms with Crippen LogP contribution in [0.5, 0.6) is 0 Å². The lowest BCUT2D eigenvalue weighted by Crippen LogP contribution is -2.71. The molecule has 5 aliphatic rings. The van der Waals surface area contributed by atoms with E-state index < -0.39 is 204 Å². The molecule has 29 nitrogen and oxygen atoms in total. The molecule has 25 atom stereocenters. The molecule has 0 aromatic carbocycles. The minimum Gasteiger partial charge on any atom is -0.394 e. The second-order valence-electron chi connectivity index (χ2n) is 17.4. The number of aliphatic hydroxyl groups is 14. The summed E-state index contributed by atoms with van der Waals surface area (Å²) in [5, 5.41) is 156. The summed E-state index contributed by atoms with van der Waals surface area (Å²) >= 11 is 0. The molecule has 0 aromatic heterocycles. The van der Waals surface area contributed by atoms with E-state index in [2.05, 4.69) is 29.8 Å². The highest BCUT2D eigenvalue weighted by molar-refractivity contribution is 5.76. The quantitative estimate of drug-likeness (QED) is 0.0606. The Hall–Kier alpha value is -2.51. The van der Waals surface area contributed by atoms with Crippen molar-refractivity contribution in [3.63, 3.8) is 0 Å². The van der Waals surface area contributed by atoms with E-state index in [1.165, 1.54) is 19.8 Å². The van der Waals surface area contributed by atoms with Crippen LogP contribution in [0.2, 0.25) is 0 Å². The number of ether oxygens (including phenoxy) is 9. The van der Waals surface area contributed by atoms with Crippen molar-refractivity contribution >= 4 is 17.7 Å². The number of carbonyl (C=O) groups excluding carboxylic acids is 3. The molecule has 0 aliphatic carbocycles. The average molecular weight is 1020 g/mol. The van der Waals surface area contributed by atoms with Crippen LogP contribution >= 0.6 is 0 Å². The van der Waals surface area contributed by atoms with E-state index in [4.69, 9.17) is 42.6 Å². The molecular formula is C41H73N3O26. The van der Waals surface area contributed by atoms with Gasteiger partial charge in [0.15, 0.2) is 31.4 Å². The maximum Gasteiger partial charge on any atom is 0.221 e. The van der Waals surface area contributed by atoms with Crippen LogP contribution in [0.1, 0.15) is 53.9 Å². The third kappa shape index (κ3) is 14.4. The van der Waals surface area contributed by atoms with Crippen molar-refractivity contribution < 1.29 is 129 Å². The Labute approximate surface area is 402 Å². The van der Waals surface area contributed by atoms with Crippen LogP contribution in [0, 0.1) is 0 Å². The van der Waals surface area contributed by atoms with E-state index in [1.807, 2.05) is 0 Å². The first-order chi connectivity index (χ1) is 33.1. The second kappa shape index (κ2) is 27.7. The predicted octanol–water partition coefficient (Wildman–Crippen LogP) is -9.30. The van der Waals surface area contributed by atoms with Gasteiger partial charge in [0.1, 0.15) is 122 Å². The Morgan fingerprint density at radius 3 is 1.34 bits per heavy atom. The summed E-state index contributed by atoms with van der Waals surface area (Å²) in [6, 6.07) is -3.09. The lowest BCUT2D eigenvalue weighted by Gasteiger charge is -2.50. The molecule has 0 saturated carbocycles. The molecule has 5 heterocycles. The highest BCUT2D eigenvalue weighted by Crippen LogP contribution is 2.35. The van der Waals surface area contributed by atoms with Crippen molar-refractivity contribution in [2.24, 2.45) is 0 Å². The number of nitrogens with one attached hydrogen (secondary N) is 3. The molecule has 408 valence electrons. The molecule has 0 aromatic rings. The summed E-state index contributed by atoms with van der Waals surface area (Å²) in [6.45, 7) is 3.61. The third-order valence-electron chi connectivity index (χ3n) is 12.3. The minimum absolute atomic E-state index is 0.0174. The standard InChI is InChI=1S/C37H63N3O26.C4H10/c1-4-17(47)40-33-18(38-10(2)45)23(51)30(14(7-43)59-33)64-34-19(39-11(3)46)24(52)31(15(8-44)62-34)65-37-29(57)32(66-36-28(56)26(54)21(49)13(6-42)61-36)22(50)16(63-37)9-58-35-27(55)25(53)20(48)12(5-41)60-35;1-3-4-2/h12-16,18-37,41-44,48-57H,4-9H2,1-3H3,(H,38,45)(H,39,46)(H,40,47);3-4H2,1-2H3/t12?,13-,14?,15?,16?,18?,19?,20+,21+,22+,23+,24+,25-,26?,27?,28?,29?,30+,31+,32-,33+,34-,35-,36+,37-;/m0./s1. The van der Waals surface area contributed by atoms with Crippen molar-refractivity contribution in [3.8, 4) is 0 Å². The predicted molar refractivity (Wildman–Crippen MR) is 227 cm³/mol. The molecule has 5 fully saturated rings. The summed E-state index contributed by atoms with van der Waals surface area (Å²) in [5.41, 5.74) is 0. The van der Waals surface area contributed by atoms with Gasteiger partial charge in [-0.15, -0.1) is 0 Å². The molecule has 3 amide bonds. The molecule has 0 bridgehead atoms. The van der Waals surface area contributed by atoms with E-state index in [-0.39, 0.29) is 6.42 Å². The van der Waals surface area contributed by atoms with E-state index in [0.29, 0.717) is 0 Å². The van der Waals surface area contributed by atoms with Gasteiger partial charge in [0.05, 0.1) is 33.0 Å². The second-order valence-corrected chi connectivity index (χ2v) is 17.4. The topological polar surface area (TPSA) is 454 Å². The average Bonchev–Trinajstić information content (AvgIpc) is 3.33. The highest BCUT2D eigenvalue weighted by Gasteiger charge is 2.56. The summed E-state index contributed by atoms with van der Waals surface area (Å²) in [5.74, 6) is -2.00. The Bertz CT molecular complexity index is 1610. The fourth-order valence-corrected chi connectivity index (χ4v) is 8.14. The van der Waals surface area contributed by atoms with E-state index >= 15 is 0 Å². The van der Waals surface area contributed by atoms with Crippen molar-refractivity contribution in [2.75, 3.05) is 33.0 Å². The molecule has 29 heteroatoms. The number of unbranched alkanes of at least 4 members (excludes halogenated alkanes) is 1. The van der Waals surface area contributed by atoms with Gasteiger partial charge < -0.3 is 130 Å². The van der Waals surface area contributed by atoms with Gasteiger partial charge in [-0.3, -0.25) is 14.4 Å². The summed E-state index contributed by atoms with van der Waals surface area (Å²) < 4.78 is 51.7. The maximum atomic E-state index is 12.6. The first kappa shape index (κ1) is 60.0. The number of aliphatic hydroxyl groups excluding tert-OH is 14. The van der Waals surface area contributed by atoms with Crippen molar-refractivity contribution in [1.82, 2.24) is 16.0 Å². The Morgan fingerprint density at radius 2 is 0.843 bits per heavy atom. The Morgan fingerprint density at radius 1 is 0.429 bits per heavy atom. The molecule has 5 aliphatic heterocycles. The lowest BCUT2D eigenvalue weighted by molar-refractivity contribution is -0.383. The number of carbonyl (C=O) groups is 3. The summed E-state index contributed by atoms with van der Waals surface area (Å²) in [7, 11) is 0. The van der Waals surface area contributed by atoms with Gasteiger partial charge in [0, 0.05) is 20.3 Å². The van der Waals surface area contributed by atoms with Crippen LogP contribution in [0.25, 0.3) is 0 Å².